The van der Waals surface area contributed by atoms with Crippen LogP contribution < -0.4 is 22.2 Å². The summed E-state index contributed by atoms with van der Waals surface area (Å²) in [7, 11) is 1.76. The first-order chi connectivity index (χ1) is 33.5. The highest BCUT2D eigenvalue weighted by molar-refractivity contribution is 5.46. The van der Waals surface area contributed by atoms with E-state index >= 15 is 0 Å². The van der Waals surface area contributed by atoms with E-state index in [2.05, 4.69) is 83.0 Å². The van der Waals surface area contributed by atoms with Crippen molar-refractivity contribution >= 4 is 0 Å². The number of ether oxygens (including phenoxy) is 2. The van der Waals surface area contributed by atoms with Crippen molar-refractivity contribution in [3.63, 3.8) is 0 Å². The van der Waals surface area contributed by atoms with E-state index in [9.17, 15) is 24.2 Å². The SMILES string of the molecule is COC1CN(Cc2ccc(C#Cc3ccc(C(CNC(C)CF)Cc4nc[nH]c(=O)c4O)cc3)cc2)C1.NC(Cc1nc[nH]c(=O)c1O)c1ccc(C#Cc2ccc(CN3CCOCC3)cc2)cc1. The van der Waals surface area contributed by atoms with Gasteiger partial charge in [-0.2, -0.15) is 0 Å². The number of methoxy groups -OCH3 is 1. The quantitative estimate of drug-likeness (QED) is 0.0762. The number of rotatable bonds is 15. The fourth-order valence-electron chi connectivity index (χ4n) is 7.83. The third-order valence-electron chi connectivity index (χ3n) is 12.1. The lowest BCUT2D eigenvalue weighted by Gasteiger charge is -2.38. The molecule has 3 unspecified atom stereocenters. The minimum Gasteiger partial charge on any atom is -0.502 e. The third kappa shape index (κ3) is 14.8. The molecule has 15 heteroatoms. The van der Waals surface area contributed by atoms with Crippen molar-refractivity contribution in [2.45, 2.75) is 57.0 Å². The predicted molar refractivity (Wildman–Crippen MR) is 263 cm³/mol. The molecule has 2 aliphatic heterocycles. The van der Waals surface area contributed by atoms with Crippen LogP contribution in [0.2, 0.25) is 0 Å². The Balaban J connectivity index is 0.000000206. The number of nitrogens with zero attached hydrogens (tertiary/aromatic N) is 4. The van der Waals surface area contributed by atoms with Crippen molar-refractivity contribution in [3.05, 3.63) is 186 Å². The molecule has 4 aromatic carbocycles. The number of nitrogens with two attached hydrogens (primary N) is 1. The van der Waals surface area contributed by atoms with Gasteiger partial charge in [0.15, 0.2) is 0 Å². The van der Waals surface area contributed by atoms with Gasteiger partial charge in [0.2, 0.25) is 11.5 Å². The Labute approximate surface area is 401 Å². The van der Waals surface area contributed by atoms with Crippen molar-refractivity contribution in [3.8, 4) is 35.2 Å². The topological polar surface area (TPSA) is 195 Å². The normalized spacial score (nSPS) is 15.2. The standard InChI is InChI=1S/C29H33FN4O3.C25H26N4O3/c1-20(14-30)31-15-25(13-27-28(35)29(36)33-19-32-27)24-11-9-22(10-12-24)4-3-21-5-7-23(8-6-21)16-34-17-26(18-34)37-2;26-22(15-23-24(30)25(31)28-17-27-23)21-9-7-19(8-10-21)2-1-18-3-5-20(6-4-18)16-29-11-13-32-14-12-29/h5-12,19-20,25-26,31,35H,13-18H2,1-2H3,(H,32,33,36);3-10,17,22,30H,11-16,26H2,(H,27,28,31). The molecule has 14 nitrogen and oxygen atoms in total. The molecule has 2 fully saturated rings. The average molecular weight is 935 g/mol. The second kappa shape index (κ2) is 24.9. The number of halogens is 1. The van der Waals surface area contributed by atoms with E-state index in [1.807, 2.05) is 72.8 Å². The number of hydrogen-bond acceptors (Lipinski definition) is 12. The van der Waals surface area contributed by atoms with Gasteiger partial charge in [0.05, 0.1) is 43.4 Å². The second-order valence-corrected chi connectivity index (χ2v) is 17.3. The number of morpholine rings is 1. The summed E-state index contributed by atoms with van der Waals surface area (Å²) in [6, 6.07) is 31.5. The molecule has 0 spiro atoms. The van der Waals surface area contributed by atoms with Crippen molar-refractivity contribution in [1.29, 1.82) is 0 Å². The molecule has 2 aliphatic rings. The Morgan fingerprint density at radius 1 is 0.725 bits per heavy atom. The molecule has 3 atom stereocenters. The number of aromatic amines is 2. The van der Waals surface area contributed by atoms with E-state index in [1.165, 1.54) is 23.8 Å². The van der Waals surface area contributed by atoms with E-state index in [1.54, 1.807) is 14.0 Å². The van der Waals surface area contributed by atoms with E-state index < -0.39 is 23.8 Å². The number of nitrogens with one attached hydrogen (secondary N) is 3. The maximum absolute atomic E-state index is 13.0. The van der Waals surface area contributed by atoms with Crippen LogP contribution in [0.4, 0.5) is 4.39 Å². The first kappa shape index (κ1) is 49.9. The molecule has 69 heavy (non-hydrogen) atoms. The Bertz CT molecular complexity index is 2820. The minimum atomic E-state index is -0.576. The van der Waals surface area contributed by atoms with Gasteiger partial charge in [-0.3, -0.25) is 19.4 Å². The first-order valence-electron chi connectivity index (χ1n) is 23.1. The highest BCUT2D eigenvalue weighted by Crippen LogP contribution is 2.24. The third-order valence-corrected chi connectivity index (χ3v) is 12.1. The molecule has 7 N–H and O–H groups in total. The van der Waals surface area contributed by atoms with Crippen LogP contribution in [-0.4, -0.2) is 112 Å². The summed E-state index contributed by atoms with van der Waals surface area (Å²) in [6.45, 7) is 9.12. The van der Waals surface area contributed by atoms with Crippen LogP contribution in [0.1, 0.15) is 74.8 Å². The lowest BCUT2D eigenvalue weighted by molar-refractivity contribution is -0.0333. The molecule has 358 valence electrons. The molecule has 6 aromatic rings. The summed E-state index contributed by atoms with van der Waals surface area (Å²) in [4.78, 5) is 40.8. The Morgan fingerprint density at radius 2 is 1.17 bits per heavy atom. The fraction of sp³-hybridized carbons (Fsp3) is 0.333. The largest absolute Gasteiger partial charge is 0.502 e. The zero-order valence-corrected chi connectivity index (χ0v) is 39.0. The van der Waals surface area contributed by atoms with Gasteiger partial charge in [-0.05, 0) is 77.7 Å². The van der Waals surface area contributed by atoms with E-state index in [0.717, 1.165) is 85.9 Å². The van der Waals surface area contributed by atoms with Crippen molar-refractivity contribution in [2.24, 2.45) is 5.73 Å². The summed E-state index contributed by atoms with van der Waals surface area (Å²) in [5.74, 6) is 11.9. The predicted octanol–water partition coefficient (Wildman–Crippen LogP) is 4.93. The molecule has 2 aromatic heterocycles. The molecule has 0 bridgehead atoms. The lowest BCUT2D eigenvalue weighted by atomic mass is 9.92. The number of likely N-dealkylation sites (tertiary alicyclic amines) is 1. The molecule has 0 radical (unpaired) electrons. The van der Waals surface area contributed by atoms with Gasteiger partial charge >= 0.3 is 0 Å². The molecule has 0 aliphatic carbocycles. The molecule has 0 amide bonds. The van der Waals surface area contributed by atoms with Gasteiger partial charge in [0.1, 0.15) is 6.67 Å². The van der Waals surface area contributed by atoms with Crippen LogP contribution in [0.3, 0.4) is 0 Å². The van der Waals surface area contributed by atoms with Crippen LogP contribution >= 0.6 is 0 Å². The van der Waals surface area contributed by atoms with Crippen molar-refractivity contribution in [2.75, 3.05) is 59.7 Å². The monoisotopic (exact) mass is 934 g/mol. The highest BCUT2D eigenvalue weighted by Gasteiger charge is 2.26. The second-order valence-electron chi connectivity index (χ2n) is 17.3. The molecule has 8 rings (SSSR count). The summed E-state index contributed by atoms with van der Waals surface area (Å²) >= 11 is 0. The van der Waals surface area contributed by atoms with Gasteiger partial charge in [-0.25, -0.2) is 14.4 Å². The zero-order chi connectivity index (χ0) is 48.5. The summed E-state index contributed by atoms with van der Waals surface area (Å²) in [5.41, 5.74) is 13.7. The number of benzene rings is 4. The molecular formula is C54H59FN8O6. The van der Waals surface area contributed by atoms with E-state index in [-0.39, 0.29) is 35.6 Å². The maximum atomic E-state index is 13.0. The van der Waals surface area contributed by atoms with Gasteiger partial charge in [0, 0.05) is 106 Å². The summed E-state index contributed by atoms with van der Waals surface area (Å²) < 4.78 is 23.7. The first-order valence-corrected chi connectivity index (χ1v) is 23.1. The molecule has 4 heterocycles. The van der Waals surface area contributed by atoms with E-state index in [4.69, 9.17) is 15.2 Å². The number of aromatic hydroxyl groups is 2. The van der Waals surface area contributed by atoms with Gasteiger partial charge in [-0.1, -0.05) is 72.2 Å². The van der Waals surface area contributed by atoms with Crippen LogP contribution in [0.15, 0.2) is 119 Å². The minimum absolute atomic E-state index is 0.116. The van der Waals surface area contributed by atoms with Crippen LogP contribution in [0.5, 0.6) is 11.5 Å². The van der Waals surface area contributed by atoms with Gasteiger partial charge in [0.25, 0.3) is 11.1 Å². The lowest BCUT2D eigenvalue weighted by Crippen LogP contribution is -2.50. The number of alkyl halides is 1. The van der Waals surface area contributed by atoms with Crippen molar-refractivity contribution in [1.82, 2.24) is 35.1 Å². The Kier molecular flexibility index (Phi) is 18.0. The van der Waals surface area contributed by atoms with Crippen LogP contribution in [-0.2, 0) is 35.4 Å². The number of H-pyrrole nitrogens is 2. The van der Waals surface area contributed by atoms with Crippen LogP contribution in [0.25, 0.3) is 0 Å². The Morgan fingerprint density at radius 3 is 1.65 bits per heavy atom. The zero-order valence-electron chi connectivity index (χ0n) is 39.0. The summed E-state index contributed by atoms with van der Waals surface area (Å²) in [6.07, 6.45) is 3.49. The maximum Gasteiger partial charge on any atom is 0.293 e. The summed E-state index contributed by atoms with van der Waals surface area (Å²) in [5, 5.41) is 23.1. The van der Waals surface area contributed by atoms with Gasteiger partial charge in [-0.15, -0.1) is 0 Å². The molecular weight excluding hydrogens is 876 g/mol. The smallest absolute Gasteiger partial charge is 0.293 e. The van der Waals surface area contributed by atoms with Gasteiger partial charge < -0.3 is 40.7 Å². The number of aromatic nitrogens is 4. The van der Waals surface area contributed by atoms with Crippen LogP contribution in [0, 0.1) is 23.7 Å². The Hall–Kier alpha value is -6.95. The van der Waals surface area contributed by atoms with E-state index in [0.29, 0.717) is 24.8 Å². The highest BCUT2D eigenvalue weighted by atomic mass is 19.1. The average Bonchev–Trinajstić information content (AvgIpc) is 3.36. The molecule has 0 saturated carbocycles. The van der Waals surface area contributed by atoms with Crippen molar-refractivity contribution < 1.29 is 24.1 Å². The fourth-order valence-corrected chi connectivity index (χ4v) is 7.83. The molecule has 2 saturated heterocycles. The number of hydrogen-bond donors (Lipinski definition) is 6.